The Morgan fingerprint density at radius 2 is 2.43 bits per heavy atom. The van der Waals surface area contributed by atoms with Gasteiger partial charge in [-0.05, 0) is 32.4 Å². The van der Waals surface area contributed by atoms with Crippen molar-refractivity contribution in [3.05, 3.63) is 0 Å². The molecule has 14 heavy (non-hydrogen) atoms. The van der Waals surface area contributed by atoms with Crippen LogP contribution in [0.25, 0.3) is 0 Å². The number of nitrogens with zero attached hydrogens (tertiary/aromatic N) is 1. The molecule has 1 fully saturated rings. The lowest BCUT2D eigenvalue weighted by Gasteiger charge is -2.14. The van der Waals surface area contributed by atoms with E-state index >= 15 is 0 Å². The third-order valence-electron chi connectivity index (χ3n) is 2.74. The van der Waals surface area contributed by atoms with E-state index in [9.17, 15) is 4.79 Å². The van der Waals surface area contributed by atoms with Crippen LogP contribution in [-0.2, 0) is 4.79 Å². The van der Waals surface area contributed by atoms with E-state index in [1.165, 1.54) is 13.0 Å². The van der Waals surface area contributed by atoms with Crippen molar-refractivity contribution in [2.45, 2.75) is 25.1 Å². The molecule has 82 valence electrons. The molecule has 0 aromatic heterocycles. The minimum absolute atomic E-state index is 0.0776. The Balaban J connectivity index is 2.17. The molecule has 2 unspecified atom stereocenters. The Morgan fingerprint density at radius 1 is 1.71 bits per heavy atom. The third kappa shape index (κ3) is 3.58. The molecule has 1 aliphatic rings. The molecule has 0 bridgehead atoms. The topological polar surface area (TPSA) is 32.3 Å². The second-order valence-corrected chi connectivity index (χ2v) is 5.28. The molecule has 2 atom stereocenters. The van der Waals surface area contributed by atoms with Crippen LogP contribution in [0.1, 0.15) is 20.3 Å². The van der Waals surface area contributed by atoms with Gasteiger partial charge in [0, 0.05) is 13.1 Å². The summed E-state index contributed by atoms with van der Waals surface area (Å²) in [6, 6.07) is 0. The quantitative estimate of drug-likeness (QED) is 0.774. The van der Waals surface area contributed by atoms with Gasteiger partial charge in [-0.3, -0.25) is 4.79 Å². The number of hydrogen-bond acceptors (Lipinski definition) is 2. The first-order chi connectivity index (χ1) is 6.63. The van der Waals surface area contributed by atoms with E-state index in [0.29, 0.717) is 5.92 Å². The molecule has 4 heteroatoms. The summed E-state index contributed by atoms with van der Waals surface area (Å²) >= 11 is 3.25. The van der Waals surface area contributed by atoms with Crippen LogP contribution in [0.3, 0.4) is 0 Å². The second-order valence-electron chi connectivity index (χ2n) is 3.91. The summed E-state index contributed by atoms with van der Waals surface area (Å²) in [7, 11) is 0. The summed E-state index contributed by atoms with van der Waals surface area (Å²) in [6.45, 7) is 8.29. The highest BCUT2D eigenvalue weighted by Crippen LogP contribution is 2.14. The number of likely N-dealkylation sites (tertiary alicyclic amines) is 1. The second kappa shape index (κ2) is 5.71. The number of halogens is 1. The Bertz CT molecular complexity index is 197. The zero-order chi connectivity index (χ0) is 10.6. The lowest BCUT2D eigenvalue weighted by Crippen LogP contribution is -2.34. The van der Waals surface area contributed by atoms with Gasteiger partial charge in [0.05, 0.1) is 4.83 Å². The summed E-state index contributed by atoms with van der Waals surface area (Å²) in [5.74, 6) is 0.741. The number of hydrogen-bond donors (Lipinski definition) is 1. The van der Waals surface area contributed by atoms with Gasteiger partial charge in [0.2, 0.25) is 5.91 Å². The maximum absolute atomic E-state index is 11.3. The molecular formula is C10H19BrN2O. The minimum atomic E-state index is -0.0776. The summed E-state index contributed by atoms with van der Waals surface area (Å²) in [4.78, 5) is 13.6. The van der Waals surface area contributed by atoms with Gasteiger partial charge in [0.15, 0.2) is 0 Å². The fourth-order valence-electron chi connectivity index (χ4n) is 1.75. The van der Waals surface area contributed by atoms with E-state index in [1.807, 2.05) is 6.92 Å². The third-order valence-corrected chi connectivity index (χ3v) is 3.16. The molecule has 1 aliphatic heterocycles. The van der Waals surface area contributed by atoms with Crippen LogP contribution < -0.4 is 5.32 Å². The van der Waals surface area contributed by atoms with Crippen LogP contribution in [0, 0.1) is 5.92 Å². The van der Waals surface area contributed by atoms with Crippen molar-refractivity contribution >= 4 is 21.8 Å². The average molecular weight is 263 g/mol. The number of carbonyl (C=O) groups is 1. The van der Waals surface area contributed by atoms with Crippen LogP contribution in [0.2, 0.25) is 0 Å². The van der Waals surface area contributed by atoms with Gasteiger partial charge in [0.25, 0.3) is 0 Å². The Hall–Kier alpha value is -0.0900. The molecule has 0 radical (unpaired) electrons. The molecule has 1 heterocycles. The Kier molecular flexibility index (Phi) is 4.89. The number of nitrogens with one attached hydrogen (secondary N) is 1. The maximum Gasteiger partial charge on any atom is 0.233 e. The molecule has 1 amide bonds. The van der Waals surface area contributed by atoms with Crippen LogP contribution in [0.5, 0.6) is 0 Å². The standard InChI is InChI=1S/C10H19BrN2O/c1-3-13-5-4-9(7-13)6-12-10(14)8(2)11/h8-9H,3-7H2,1-2H3,(H,12,14). The van der Waals surface area contributed by atoms with Crippen molar-refractivity contribution < 1.29 is 4.79 Å². The Labute approximate surface area is 94.4 Å². The smallest absolute Gasteiger partial charge is 0.233 e. The maximum atomic E-state index is 11.3. The van der Waals surface area contributed by atoms with Gasteiger partial charge in [-0.1, -0.05) is 22.9 Å². The molecule has 0 saturated carbocycles. The summed E-state index contributed by atoms with van der Waals surface area (Å²) < 4.78 is 0. The number of alkyl halides is 1. The van der Waals surface area contributed by atoms with E-state index < -0.39 is 0 Å². The molecule has 3 nitrogen and oxygen atoms in total. The molecule has 1 rings (SSSR count). The average Bonchev–Trinajstić information content (AvgIpc) is 2.61. The lowest BCUT2D eigenvalue weighted by atomic mass is 10.1. The highest BCUT2D eigenvalue weighted by molar-refractivity contribution is 9.10. The summed E-state index contributed by atoms with van der Waals surface area (Å²) in [6.07, 6.45) is 1.21. The van der Waals surface area contributed by atoms with Crippen LogP contribution in [-0.4, -0.2) is 41.8 Å². The normalized spacial score (nSPS) is 24.9. The van der Waals surface area contributed by atoms with Gasteiger partial charge in [-0.15, -0.1) is 0 Å². The Morgan fingerprint density at radius 3 is 2.93 bits per heavy atom. The van der Waals surface area contributed by atoms with Gasteiger partial charge < -0.3 is 10.2 Å². The van der Waals surface area contributed by atoms with E-state index in [4.69, 9.17) is 0 Å². The molecule has 0 aliphatic carbocycles. The van der Waals surface area contributed by atoms with Crippen molar-refractivity contribution in [1.29, 1.82) is 0 Å². The number of rotatable bonds is 4. The first-order valence-corrected chi connectivity index (χ1v) is 6.19. The largest absolute Gasteiger partial charge is 0.355 e. The molecule has 1 N–H and O–H groups in total. The van der Waals surface area contributed by atoms with E-state index in [1.54, 1.807) is 0 Å². The van der Waals surface area contributed by atoms with E-state index in [0.717, 1.165) is 19.6 Å². The fourth-order valence-corrected chi connectivity index (χ4v) is 1.91. The zero-order valence-corrected chi connectivity index (χ0v) is 10.5. The van der Waals surface area contributed by atoms with Crippen LogP contribution in [0.4, 0.5) is 0 Å². The molecule has 1 saturated heterocycles. The zero-order valence-electron chi connectivity index (χ0n) is 8.92. The lowest BCUT2D eigenvalue weighted by molar-refractivity contribution is -0.120. The van der Waals surface area contributed by atoms with Crippen molar-refractivity contribution in [1.82, 2.24) is 10.2 Å². The van der Waals surface area contributed by atoms with Gasteiger partial charge in [-0.2, -0.15) is 0 Å². The van der Waals surface area contributed by atoms with Crippen molar-refractivity contribution in [3.8, 4) is 0 Å². The number of carbonyl (C=O) groups excluding carboxylic acids is 1. The van der Waals surface area contributed by atoms with E-state index in [2.05, 4.69) is 33.1 Å². The minimum Gasteiger partial charge on any atom is -0.355 e. The van der Waals surface area contributed by atoms with Gasteiger partial charge in [0.1, 0.15) is 0 Å². The highest BCUT2D eigenvalue weighted by atomic mass is 79.9. The van der Waals surface area contributed by atoms with E-state index in [-0.39, 0.29) is 10.7 Å². The SMILES string of the molecule is CCN1CCC(CNC(=O)C(C)Br)C1. The molecule has 0 aromatic carbocycles. The highest BCUT2D eigenvalue weighted by Gasteiger charge is 2.21. The van der Waals surface area contributed by atoms with Crippen LogP contribution >= 0.6 is 15.9 Å². The van der Waals surface area contributed by atoms with Gasteiger partial charge in [-0.25, -0.2) is 0 Å². The van der Waals surface area contributed by atoms with Gasteiger partial charge >= 0.3 is 0 Å². The predicted molar refractivity (Wildman–Crippen MR) is 61.6 cm³/mol. The van der Waals surface area contributed by atoms with Crippen molar-refractivity contribution in [2.24, 2.45) is 5.92 Å². The van der Waals surface area contributed by atoms with Crippen LogP contribution in [0.15, 0.2) is 0 Å². The van der Waals surface area contributed by atoms with Crippen molar-refractivity contribution in [3.63, 3.8) is 0 Å². The number of amides is 1. The monoisotopic (exact) mass is 262 g/mol. The summed E-state index contributed by atoms with van der Waals surface area (Å²) in [5.41, 5.74) is 0. The molecule has 0 spiro atoms. The molecule has 0 aromatic rings. The first kappa shape index (κ1) is 12.0. The predicted octanol–water partition coefficient (Wildman–Crippen LogP) is 1.23. The first-order valence-electron chi connectivity index (χ1n) is 5.27. The summed E-state index contributed by atoms with van der Waals surface area (Å²) in [5, 5.41) is 2.96. The fraction of sp³-hybridized carbons (Fsp3) is 0.900. The van der Waals surface area contributed by atoms with Crippen molar-refractivity contribution in [2.75, 3.05) is 26.2 Å². The molecular weight excluding hydrogens is 244 g/mol.